The van der Waals surface area contributed by atoms with Gasteiger partial charge in [-0.3, -0.25) is 9.59 Å². The summed E-state index contributed by atoms with van der Waals surface area (Å²) in [7, 11) is 0. The maximum absolute atomic E-state index is 11.9. The lowest BCUT2D eigenvalue weighted by molar-refractivity contribution is -0.148. The SMILES string of the molecule is CC(C)OC(=O)CCC(=O)Cc1ccc(-c2ccccc2)cc1. The first-order chi connectivity index (χ1) is 11.0. The van der Waals surface area contributed by atoms with Crippen LogP contribution in [0.3, 0.4) is 0 Å². The van der Waals surface area contributed by atoms with E-state index in [9.17, 15) is 9.59 Å². The van der Waals surface area contributed by atoms with E-state index in [2.05, 4.69) is 12.1 Å². The van der Waals surface area contributed by atoms with Crippen LogP contribution in [-0.4, -0.2) is 17.9 Å². The summed E-state index contributed by atoms with van der Waals surface area (Å²) in [6, 6.07) is 18.1. The number of ether oxygens (including phenoxy) is 1. The number of carbonyl (C=O) groups is 2. The third-order valence-corrected chi connectivity index (χ3v) is 3.44. The molecule has 2 aromatic rings. The van der Waals surface area contributed by atoms with Crippen LogP contribution < -0.4 is 0 Å². The summed E-state index contributed by atoms with van der Waals surface area (Å²) in [6.45, 7) is 3.60. The lowest BCUT2D eigenvalue weighted by Crippen LogP contribution is -2.13. The highest BCUT2D eigenvalue weighted by molar-refractivity contribution is 5.84. The fraction of sp³-hybridized carbons (Fsp3) is 0.300. The minimum absolute atomic E-state index is 0.0539. The molecule has 0 aliphatic rings. The van der Waals surface area contributed by atoms with Gasteiger partial charge in [-0.05, 0) is 30.5 Å². The van der Waals surface area contributed by atoms with Crippen LogP contribution in [0.4, 0.5) is 0 Å². The van der Waals surface area contributed by atoms with Gasteiger partial charge in [-0.2, -0.15) is 0 Å². The average Bonchev–Trinajstić information content (AvgIpc) is 2.54. The predicted molar refractivity (Wildman–Crippen MR) is 91.1 cm³/mol. The summed E-state index contributed by atoms with van der Waals surface area (Å²) >= 11 is 0. The van der Waals surface area contributed by atoms with Crippen molar-refractivity contribution >= 4 is 11.8 Å². The Morgan fingerprint density at radius 3 is 2.09 bits per heavy atom. The standard InChI is InChI=1S/C20H22O3/c1-15(2)23-20(22)13-12-19(21)14-16-8-10-18(11-9-16)17-6-4-3-5-7-17/h3-11,15H,12-14H2,1-2H3. The van der Waals surface area contributed by atoms with Crippen LogP contribution >= 0.6 is 0 Å². The molecule has 2 rings (SSSR count). The molecule has 0 aliphatic carbocycles. The Kier molecular flexibility index (Phi) is 6.10. The summed E-state index contributed by atoms with van der Waals surface area (Å²) in [4.78, 5) is 23.4. The fourth-order valence-corrected chi connectivity index (χ4v) is 2.33. The van der Waals surface area contributed by atoms with Crippen LogP contribution in [0.15, 0.2) is 54.6 Å². The number of benzene rings is 2. The lowest BCUT2D eigenvalue weighted by Gasteiger charge is -2.07. The van der Waals surface area contributed by atoms with Gasteiger partial charge in [0.1, 0.15) is 5.78 Å². The van der Waals surface area contributed by atoms with Crippen LogP contribution in [0.1, 0.15) is 32.3 Å². The molecular formula is C20H22O3. The Balaban J connectivity index is 1.86. The van der Waals surface area contributed by atoms with Crippen LogP contribution in [0, 0.1) is 0 Å². The van der Waals surface area contributed by atoms with Crippen molar-refractivity contribution in [3.63, 3.8) is 0 Å². The van der Waals surface area contributed by atoms with Crippen molar-refractivity contribution in [1.82, 2.24) is 0 Å². The van der Waals surface area contributed by atoms with E-state index in [0.717, 1.165) is 16.7 Å². The van der Waals surface area contributed by atoms with Gasteiger partial charge in [0, 0.05) is 12.8 Å². The third kappa shape index (κ3) is 5.70. The van der Waals surface area contributed by atoms with Crippen LogP contribution in [0.5, 0.6) is 0 Å². The molecule has 2 aromatic carbocycles. The summed E-state index contributed by atoms with van der Waals surface area (Å²) in [5.74, 6) is -0.258. The van der Waals surface area contributed by atoms with E-state index < -0.39 is 0 Å². The molecule has 0 amide bonds. The molecule has 0 saturated heterocycles. The number of esters is 1. The van der Waals surface area contributed by atoms with E-state index in [4.69, 9.17) is 4.74 Å². The highest BCUT2D eigenvalue weighted by Gasteiger charge is 2.10. The first-order valence-electron chi connectivity index (χ1n) is 7.90. The maximum Gasteiger partial charge on any atom is 0.306 e. The maximum atomic E-state index is 11.9. The van der Waals surface area contributed by atoms with E-state index in [1.165, 1.54) is 0 Å². The monoisotopic (exact) mass is 310 g/mol. The van der Waals surface area contributed by atoms with Gasteiger partial charge in [-0.1, -0.05) is 54.6 Å². The fourth-order valence-electron chi connectivity index (χ4n) is 2.33. The van der Waals surface area contributed by atoms with Crippen LogP contribution in [0.25, 0.3) is 11.1 Å². The molecule has 120 valence electrons. The molecule has 0 aliphatic heterocycles. The molecule has 0 spiro atoms. The molecule has 0 bridgehead atoms. The van der Waals surface area contributed by atoms with Gasteiger partial charge >= 0.3 is 5.97 Å². The van der Waals surface area contributed by atoms with Crippen molar-refractivity contribution in [2.24, 2.45) is 0 Å². The summed E-state index contributed by atoms with van der Waals surface area (Å²) in [5, 5.41) is 0. The van der Waals surface area contributed by atoms with E-state index in [1.807, 2.05) is 42.5 Å². The second-order valence-corrected chi connectivity index (χ2v) is 5.82. The zero-order chi connectivity index (χ0) is 16.7. The predicted octanol–water partition coefficient (Wildman–Crippen LogP) is 4.20. The zero-order valence-corrected chi connectivity index (χ0v) is 13.6. The van der Waals surface area contributed by atoms with E-state index in [1.54, 1.807) is 13.8 Å². The molecule has 3 heteroatoms. The molecule has 23 heavy (non-hydrogen) atoms. The Labute approximate surface area is 137 Å². The molecule has 3 nitrogen and oxygen atoms in total. The minimum Gasteiger partial charge on any atom is -0.463 e. The van der Waals surface area contributed by atoms with Gasteiger partial charge in [-0.25, -0.2) is 0 Å². The molecule has 0 aromatic heterocycles. The summed E-state index contributed by atoms with van der Waals surface area (Å²) < 4.78 is 5.02. The molecule has 0 unspecified atom stereocenters. The number of ketones is 1. The highest BCUT2D eigenvalue weighted by atomic mass is 16.5. The summed E-state index contributed by atoms with van der Waals surface area (Å²) in [6.07, 6.45) is 0.595. The molecule has 0 N–H and O–H groups in total. The minimum atomic E-state index is -0.312. The molecular weight excluding hydrogens is 288 g/mol. The Hall–Kier alpha value is -2.42. The van der Waals surface area contributed by atoms with E-state index in [-0.39, 0.29) is 30.7 Å². The van der Waals surface area contributed by atoms with E-state index in [0.29, 0.717) is 6.42 Å². The topological polar surface area (TPSA) is 43.4 Å². The van der Waals surface area contributed by atoms with Crippen molar-refractivity contribution in [2.75, 3.05) is 0 Å². The molecule has 0 atom stereocenters. The number of Topliss-reactive ketones (excluding diaryl/α,β-unsaturated/α-hetero) is 1. The normalized spacial score (nSPS) is 10.6. The number of carbonyl (C=O) groups excluding carboxylic acids is 2. The van der Waals surface area contributed by atoms with Gasteiger partial charge in [0.05, 0.1) is 12.5 Å². The number of hydrogen-bond acceptors (Lipinski definition) is 3. The molecule has 0 fully saturated rings. The number of hydrogen-bond donors (Lipinski definition) is 0. The number of rotatable bonds is 7. The first kappa shape index (κ1) is 16.9. The Morgan fingerprint density at radius 2 is 1.48 bits per heavy atom. The highest BCUT2D eigenvalue weighted by Crippen LogP contribution is 2.19. The van der Waals surface area contributed by atoms with Crippen molar-refractivity contribution in [2.45, 2.75) is 39.2 Å². The van der Waals surface area contributed by atoms with E-state index >= 15 is 0 Å². The molecule has 0 radical (unpaired) electrons. The lowest BCUT2D eigenvalue weighted by atomic mass is 10.0. The van der Waals surface area contributed by atoms with Crippen molar-refractivity contribution < 1.29 is 14.3 Å². The van der Waals surface area contributed by atoms with Crippen LogP contribution in [0.2, 0.25) is 0 Å². The zero-order valence-electron chi connectivity index (χ0n) is 13.6. The Morgan fingerprint density at radius 1 is 0.870 bits per heavy atom. The third-order valence-electron chi connectivity index (χ3n) is 3.44. The molecule has 0 heterocycles. The second-order valence-electron chi connectivity index (χ2n) is 5.82. The van der Waals surface area contributed by atoms with Crippen molar-refractivity contribution in [3.8, 4) is 11.1 Å². The quantitative estimate of drug-likeness (QED) is 0.720. The van der Waals surface area contributed by atoms with Crippen molar-refractivity contribution in [3.05, 3.63) is 60.2 Å². The average molecular weight is 310 g/mol. The van der Waals surface area contributed by atoms with Gasteiger partial charge in [0.2, 0.25) is 0 Å². The van der Waals surface area contributed by atoms with Crippen molar-refractivity contribution in [1.29, 1.82) is 0 Å². The van der Waals surface area contributed by atoms with Gasteiger partial charge in [-0.15, -0.1) is 0 Å². The van der Waals surface area contributed by atoms with Gasteiger partial charge < -0.3 is 4.74 Å². The van der Waals surface area contributed by atoms with Gasteiger partial charge in [0.15, 0.2) is 0 Å². The summed E-state index contributed by atoms with van der Waals surface area (Å²) in [5.41, 5.74) is 3.25. The smallest absolute Gasteiger partial charge is 0.306 e. The largest absolute Gasteiger partial charge is 0.463 e. The van der Waals surface area contributed by atoms with Gasteiger partial charge in [0.25, 0.3) is 0 Å². The second kappa shape index (κ2) is 8.28. The Bertz CT molecular complexity index is 642. The molecule has 0 saturated carbocycles. The first-order valence-corrected chi connectivity index (χ1v) is 7.90. The van der Waals surface area contributed by atoms with Crippen LogP contribution in [-0.2, 0) is 20.7 Å².